The molecule has 0 saturated carbocycles. The summed E-state index contributed by atoms with van der Waals surface area (Å²) in [4.78, 5) is 5.20. The van der Waals surface area contributed by atoms with Crippen LogP contribution in [0.3, 0.4) is 0 Å². The van der Waals surface area contributed by atoms with Crippen molar-refractivity contribution in [1.29, 1.82) is 0 Å². The average Bonchev–Trinajstić information content (AvgIpc) is 3.38. The van der Waals surface area contributed by atoms with E-state index >= 15 is 0 Å². The van der Waals surface area contributed by atoms with Crippen LogP contribution in [0.1, 0.15) is 0 Å². The minimum Gasteiger partial charge on any atom is -0.311 e. The first kappa shape index (κ1) is 38.5. The van der Waals surface area contributed by atoms with E-state index in [4.69, 9.17) is 0 Å². The molecule has 0 N–H and O–H groups in total. The fourth-order valence-corrected chi connectivity index (χ4v) is 25.1. The fraction of sp³-hybridized carbons (Fsp3) is 0. The van der Waals surface area contributed by atoms with Crippen LogP contribution in [0.2, 0.25) is 0 Å². The molecule has 0 amide bonds. The Morgan fingerprint density at radius 3 is 1.06 bits per heavy atom. The maximum absolute atomic E-state index is 3.01. The molecule has 0 aromatic heterocycles. The van der Waals surface area contributed by atoms with E-state index in [1.54, 1.807) is 0 Å². The maximum atomic E-state index is 2.63. The molecule has 2 heterocycles. The van der Waals surface area contributed by atoms with Gasteiger partial charge in [-0.05, 0) is 112 Å². The zero-order chi connectivity index (χ0) is 42.5. The van der Waals surface area contributed by atoms with Crippen LogP contribution in [0.5, 0.6) is 0 Å². The Morgan fingerprint density at radius 1 is 0.250 bits per heavy atom. The molecular formula is C60H43NSSi2. The zero-order valence-electron chi connectivity index (χ0n) is 35.2. The van der Waals surface area contributed by atoms with Gasteiger partial charge in [0.1, 0.15) is 0 Å². The molecule has 0 radical (unpaired) electrons. The van der Waals surface area contributed by atoms with Crippen molar-refractivity contribution in [2.45, 2.75) is 9.79 Å². The molecule has 302 valence electrons. The molecule has 0 fully saturated rings. The van der Waals surface area contributed by atoms with Crippen molar-refractivity contribution >= 4 is 86.5 Å². The Morgan fingerprint density at radius 2 is 0.594 bits per heavy atom. The Balaban J connectivity index is 1.18. The second-order valence-electron chi connectivity index (χ2n) is 16.8. The number of hydrogen-bond acceptors (Lipinski definition) is 2. The van der Waals surface area contributed by atoms with Gasteiger partial charge in [-0.3, -0.25) is 0 Å². The van der Waals surface area contributed by atoms with Crippen LogP contribution >= 0.6 is 11.8 Å². The standard InChI is InChI=1S/C60H43NSSi2/c1-5-19-44(20-6-1)46-33-37-48(38-34-46)61(49-39-35-47(36-40-49)45-21-7-2-8-22-45)50-41-42-59-60(43-50)64(55-29-15-13-27-53(55)62-54-28-14-16-30-56(54)64)58-32-18-17-31-57(58)63(59,51-23-9-3-10-24-51)52-25-11-4-12-26-52/h1-43H. The third-order valence-electron chi connectivity index (χ3n) is 13.5. The molecule has 2 aliphatic heterocycles. The molecular weight excluding hydrogens is 823 g/mol. The molecule has 64 heavy (non-hydrogen) atoms. The highest BCUT2D eigenvalue weighted by molar-refractivity contribution is 8.00. The van der Waals surface area contributed by atoms with Crippen LogP contribution in [-0.2, 0) is 0 Å². The van der Waals surface area contributed by atoms with Gasteiger partial charge in [0.05, 0.1) is 0 Å². The first-order valence-corrected chi connectivity index (χ1v) is 26.9. The summed E-state index contributed by atoms with van der Waals surface area (Å²) < 4.78 is 0. The van der Waals surface area contributed by atoms with Gasteiger partial charge in [0.2, 0.25) is 0 Å². The molecule has 2 aliphatic rings. The van der Waals surface area contributed by atoms with E-state index in [0.717, 1.165) is 17.1 Å². The quantitative estimate of drug-likeness (QED) is 0.147. The van der Waals surface area contributed by atoms with Crippen LogP contribution in [0, 0.1) is 0 Å². The van der Waals surface area contributed by atoms with Gasteiger partial charge in [0.15, 0.2) is 16.1 Å². The van der Waals surface area contributed by atoms with Crippen LogP contribution in [0.15, 0.2) is 271 Å². The predicted molar refractivity (Wildman–Crippen MR) is 277 cm³/mol. The van der Waals surface area contributed by atoms with E-state index in [1.807, 2.05) is 11.8 Å². The van der Waals surface area contributed by atoms with Gasteiger partial charge in [-0.1, -0.05) is 224 Å². The van der Waals surface area contributed by atoms with Gasteiger partial charge in [-0.25, -0.2) is 0 Å². The number of fused-ring (bicyclic) bond motifs is 8. The Bertz CT molecular complexity index is 3120. The van der Waals surface area contributed by atoms with E-state index in [9.17, 15) is 0 Å². The summed E-state index contributed by atoms with van der Waals surface area (Å²) in [6.45, 7) is 0. The largest absolute Gasteiger partial charge is 0.311 e. The van der Waals surface area contributed by atoms with Gasteiger partial charge >= 0.3 is 0 Å². The monoisotopic (exact) mass is 865 g/mol. The summed E-state index contributed by atoms with van der Waals surface area (Å²) in [6, 6.07) is 98.4. The molecule has 4 heteroatoms. The highest BCUT2D eigenvalue weighted by Crippen LogP contribution is 2.39. The number of nitrogens with zero attached hydrogens (tertiary/aromatic N) is 1. The van der Waals surface area contributed by atoms with Crippen molar-refractivity contribution in [2.24, 2.45) is 0 Å². The lowest BCUT2D eigenvalue weighted by atomic mass is 10.0. The normalized spacial score (nSPS) is 13.8. The van der Waals surface area contributed by atoms with Gasteiger partial charge in [0, 0.05) is 26.9 Å². The fourth-order valence-electron chi connectivity index (χ4n) is 10.8. The lowest BCUT2D eigenvalue weighted by molar-refractivity contribution is 1.29. The third kappa shape index (κ3) is 5.98. The number of benzene rings is 10. The molecule has 12 rings (SSSR count). The molecule has 10 aromatic rings. The van der Waals surface area contributed by atoms with Crippen molar-refractivity contribution in [3.63, 3.8) is 0 Å². The zero-order valence-corrected chi connectivity index (χ0v) is 38.0. The summed E-state index contributed by atoms with van der Waals surface area (Å²) in [6.07, 6.45) is 0. The van der Waals surface area contributed by atoms with E-state index in [1.165, 1.54) is 73.5 Å². The van der Waals surface area contributed by atoms with Gasteiger partial charge in [-0.2, -0.15) is 0 Å². The predicted octanol–water partition coefficient (Wildman–Crippen LogP) is 10.0. The Kier molecular flexibility index (Phi) is 9.52. The smallest absolute Gasteiger partial charge is 0.181 e. The Labute approximate surface area is 382 Å². The van der Waals surface area contributed by atoms with Crippen LogP contribution < -0.4 is 46.4 Å². The topological polar surface area (TPSA) is 3.24 Å². The summed E-state index contributed by atoms with van der Waals surface area (Å²) >= 11 is 1.93. The summed E-state index contributed by atoms with van der Waals surface area (Å²) in [5.41, 5.74) is 8.22. The first-order valence-electron chi connectivity index (χ1n) is 22.1. The summed E-state index contributed by atoms with van der Waals surface area (Å²) in [5.74, 6) is 0. The maximum Gasteiger partial charge on any atom is 0.181 e. The average molecular weight is 866 g/mol. The van der Waals surface area contributed by atoms with E-state index in [2.05, 4.69) is 266 Å². The van der Waals surface area contributed by atoms with Crippen molar-refractivity contribution in [3.05, 3.63) is 261 Å². The van der Waals surface area contributed by atoms with Crippen molar-refractivity contribution in [3.8, 4) is 22.3 Å². The summed E-state index contributed by atoms with van der Waals surface area (Å²) in [7, 11) is -5.93. The SMILES string of the molecule is c1ccc(-c2ccc(N(c3ccc(-c4ccccc4)cc3)c3ccc4c(c3)[Si]3(c5ccccc5Sc5ccccc53)c3ccccc3[Si]4(c3ccccc3)c3ccccc3)cc2)cc1. The Hall–Kier alpha value is -7.22. The molecule has 0 bridgehead atoms. The van der Waals surface area contributed by atoms with Crippen LogP contribution in [-0.4, -0.2) is 16.1 Å². The lowest BCUT2D eigenvalue weighted by Gasteiger charge is -2.50. The van der Waals surface area contributed by atoms with E-state index in [0.29, 0.717) is 0 Å². The first-order chi connectivity index (χ1) is 31.7. The molecule has 10 aromatic carbocycles. The molecule has 0 atom stereocenters. The van der Waals surface area contributed by atoms with E-state index < -0.39 is 16.1 Å². The molecule has 1 nitrogen and oxygen atoms in total. The van der Waals surface area contributed by atoms with Crippen LogP contribution in [0.4, 0.5) is 17.1 Å². The van der Waals surface area contributed by atoms with Crippen molar-refractivity contribution in [1.82, 2.24) is 0 Å². The highest BCUT2D eigenvalue weighted by Gasteiger charge is 2.58. The van der Waals surface area contributed by atoms with Crippen molar-refractivity contribution < 1.29 is 0 Å². The number of rotatable bonds is 7. The minimum absolute atomic E-state index is 1.12. The summed E-state index contributed by atoms with van der Waals surface area (Å²) in [5, 5.41) is 11.7. The second-order valence-corrected chi connectivity index (χ2v) is 25.2. The molecule has 0 unspecified atom stereocenters. The van der Waals surface area contributed by atoms with Crippen molar-refractivity contribution in [2.75, 3.05) is 4.90 Å². The highest BCUT2D eigenvalue weighted by atomic mass is 32.2. The second kappa shape index (κ2) is 15.8. The molecule has 0 saturated heterocycles. The van der Waals surface area contributed by atoms with Gasteiger partial charge in [-0.15, -0.1) is 0 Å². The molecule has 1 spiro atoms. The van der Waals surface area contributed by atoms with Gasteiger partial charge < -0.3 is 4.90 Å². The van der Waals surface area contributed by atoms with Crippen LogP contribution in [0.25, 0.3) is 22.3 Å². The third-order valence-corrected chi connectivity index (χ3v) is 25.3. The lowest BCUT2D eigenvalue weighted by Crippen LogP contribution is -2.93. The number of hydrogen-bond donors (Lipinski definition) is 0. The number of anilines is 3. The minimum atomic E-state index is -3.01. The molecule has 0 aliphatic carbocycles. The van der Waals surface area contributed by atoms with Gasteiger partial charge in [0.25, 0.3) is 0 Å². The van der Waals surface area contributed by atoms with E-state index in [-0.39, 0.29) is 0 Å².